The Kier molecular flexibility index (Phi) is 4.38. The first-order valence-corrected chi connectivity index (χ1v) is 2.79. The van der Waals surface area contributed by atoms with Crippen molar-refractivity contribution in [3.63, 3.8) is 0 Å². The summed E-state index contributed by atoms with van der Waals surface area (Å²) < 4.78 is -0.227. The fourth-order valence-corrected chi connectivity index (χ4v) is 0.300. The zero-order valence-electron chi connectivity index (χ0n) is 3.83. The minimum atomic E-state index is -0.227. The van der Waals surface area contributed by atoms with Gasteiger partial charge in [0.1, 0.15) is 0 Å². The molecule has 0 rings (SSSR count). The third-order valence-electron chi connectivity index (χ3n) is 0.352. The lowest BCUT2D eigenvalue weighted by Gasteiger charge is -1.87. The highest BCUT2D eigenvalue weighted by Gasteiger charge is 1.85. The van der Waals surface area contributed by atoms with Crippen molar-refractivity contribution in [3.05, 3.63) is 10.4 Å². The lowest BCUT2D eigenvalue weighted by Crippen LogP contribution is -2.14. The molecule has 0 bridgehead atoms. The van der Waals surface area contributed by atoms with Gasteiger partial charge in [-0.15, -0.1) is 0 Å². The molecule has 0 radical (unpaired) electrons. The Morgan fingerprint density at radius 3 is 3.00 bits per heavy atom. The number of azide groups is 1. The number of rotatable bonds is 2. The van der Waals surface area contributed by atoms with Gasteiger partial charge in [-0.25, -0.2) is 0 Å². The molecule has 0 saturated carbocycles. The van der Waals surface area contributed by atoms with Crippen molar-refractivity contribution in [2.45, 2.75) is 0 Å². The van der Waals surface area contributed by atoms with E-state index in [1.165, 1.54) is 0 Å². The van der Waals surface area contributed by atoms with Crippen LogP contribution in [0.2, 0.25) is 0 Å². The predicted molar refractivity (Wildman–Crippen MR) is 36.6 cm³/mol. The molecule has 0 aromatic carbocycles. The van der Waals surface area contributed by atoms with E-state index in [-0.39, 0.29) is 10.6 Å². The maximum Gasteiger partial charge on any atom is 0.280 e. The number of nitrogens with zero attached hydrogens (tertiary/aromatic N) is 3. The highest BCUT2D eigenvalue weighted by Crippen LogP contribution is 1.80. The first-order valence-electron chi connectivity index (χ1n) is 1.71. The van der Waals surface area contributed by atoms with E-state index < -0.39 is 0 Å². The topological polar surface area (TPSA) is 77.9 Å². The van der Waals surface area contributed by atoms with Crippen LogP contribution in [-0.4, -0.2) is 10.6 Å². The van der Waals surface area contributed by atoms with Crippen molar-refractivity contribution in [3.8, 4) is 0 Å². The molecule has 0 aliphatic heterocycles. The Labute approximate surface area is 59.2 Å². The predicted octanol–water partition coefficient (Wildman–Crippen LogP) is 1.40. The van der Waals surface area contributed by atoms with Gasteiger partial charge in [0.05, 0.1) is 6.67 Å². The zero-order valence-corrected chi connectivity index (χ0v) is 5.99. The van der Waals surface area contributed by atoms with Crippen LogP contribution >= 0.6 is 22.6 Å². The van der Waals surface area contributed by atoms with E-state index in [1.54, 1.807) is 22.6 Å². The number of nitrogens with one attached hydrogen (secondary N) is 1. The molecule has 0 atom stereocenters. The molecular weight excluding hydrogens is 223 g/mol. The van der Waals surface area contributed by atoms with Gasteiger partial charge in [0.25, 0.3) is 3.91 Å². The zero-order chi connectivity index (χ0) is 6.41. The summed E-state index contributed by atoms with van der Waals surface area (Å²) in [7, 11) is 0. The molecule has 0 aromatic heterocycles. The summed E-state index contributed by atoms with van der Waals surface area (Å²) in [5.41, 5.74) is 7.68. The smallest absolute Gasteiger partial charge is 0.280 e. The molecule has 0 aliphatic carbocycles. The SMILES string of the molecule is [N-]=[N+]=NCNC(=O)I. The van der Waals surface area contributed by atoms with E-state index in [1.807, 2.05) is 0 Å². The Morgan fingerprint density at radius 2 is 2.62 bits per heavy atom. The van der Waals surface area contributed by atoms with E-state index in [4.69, 9.17) is 5.53 Å². The van der Waals surface area contributed by atoms with Crippen LogP contribution in [0.5, 0.6) is 0 Å². The maximum atomic E-state index is 10.0. The first kappa shape index (κ1) is 7.51. The Morgan fingerprint density at radius 1 is 2.00 bits per heavy atom. The van der Waals surface area contributed by atoms with Gasteiger partial charge in [-0.3, -0.25) is 4.79 Å². The van der Waals surface area contributed by atoms with Crippen molar-refractivity contribution in [2.75, 3.05) is 6.67 Å². The normalized spacial score (nSPS) is 7.12. The van der Waals surface area contributed by atoms with E-state index >= 15 is 0 Å². The number of amides is 1. The molecule has 8 heavy (non-hydrogen) atoms. The van der Waals surface area contributed by atoms with Gasteiger partial charge in [0.15, 0.2) is 0 Å². The lowest BCUT2D eigenvalue weighted by atomic mass is 11.1. The van der Waals surface area contributed by atoms with Crippen LogP contribution in [0.15, 0.2) is 5.11 Å². The molecule has 0 aromatic rings. The van der Waals surface area contributed by atoms with Crippen molar-refractivity contribution < 1.29 is 4.79 Å². The molecule has 6 heteroatoms. The van der Waals surface area contributed by atoms with Crippen molar-refractivity contribution in [1.29, 1.82) is 0 Å². The Hall–Kier alpha value is -0.490. The molecule has 0 fully saturated rings. The number of hydrogen-bond donors (Lipinski definition) is 1. The molecule has 0 aliphatic rings. The largest absolute Gasteiger partial charge is 0.342 e. The van der Waals surface area contributed by atoms with Crippen molar-refractivity contribution in [2.24, 2.45) is 5.11 Å². The standard InChI is InChI=1S/C2H3IN4O/c3-2(8)5-1-6-7-4/h1H2,(H,5,8). The van der Waals surface area contributed by atoms with Gasteiger partial charge in [-0.1, -0.05) is 5.11 Å². The molecule has 1 amide bonds. The third kappa shape index (κ3) is 5.51. The molecule has 44 valence electrons. The average molecular weight is 226 g/mol. The Balaban J connectivity index is 3.18. The van der Waals surface area contributed by atoms with Gasteiger partial charge in [0, 0.05) is 27.5 Å². The van der Waals surface area contributed by atoms with E-state index in [0.717, 1.165) is 0 Å². The van der Waals surface area contributed by atoms with Gasteiger partial charge in [-0.2, -0.15) is 0 Å². The van der Waals surface area contributed by atoms with Crippen LogP contribution in [0.3, 0.4) is 0 Å². The second kappa shape index (κ2) is 4.66. The summed E-state index contributed by atoms with van der Waals surface area (Å²) in [6.07, 6.45) is 0. The van der Waals surface area contributed by atoms with E-state index in [9.17, 15) is 4.79 Å². The van der Waals surface area contributed by atoms with Crippen molar-refractivity contribution in [1.82, 2.24) is 5.32 Å². The quantitative estimate of drug-likeness (QED) is 0.189. The van der Waals surface area contributed by atoms with Gasteiger partial charge >= 0.3 is 0 Å². The highest BCUT2D eigenvalue weighted by atomic mass is 127. The van der Waals surface area contributed by atoms with Crippen LogP contribution in [0.4, 0.5) is 4.79 Å². The van der Waals surface area contributed by atoms with Crippen molar-refractivity contribution >= 4 is 26.5 Å². The fourth-order valence-electron chi connectivity index (χ4n) is 0.129. The highest BCUT2D eigenvalue weighted by molar-refractivity contribution is 14.1. The second-order valence-electron chi connectivity index (χ2n) is 0.839. The summed E-state index contributed by atoms with van der Waals surface area (Å²) in [6.45, 7) is 0.0261. The monoisotopic (exact) mass is 226 g/mol. The number of carbonyl (C=O) groups excluding carboxylic acids is 1. The molecule has 0 saturated heterocycles. The maximum absolute atomic E-state index is 10.0. The van der Waals surface area contributed by atoms with Crippen LogP contribution in [0.25, 0.3) is 10.4 Å². The summed E-state index contributed by atoms with van der Waals surface area (Å²) in [5.74, 6) is 0. The molecule has 1 N–H and O–H groups in total. The molecule has 5 nitrogen and oxygen atoms in total. The van der Waals surface area contributed by atoms with Crippen LogP contribution in [0, 0.1) is 0 Å². The van der Waals surface area contributed by atoms with Crippen LogP contribution in [0.1, 0.15) is 0 Å². The minimum Gasteiger partial charge on any atom is -0.342 e. The van der Waals surface area contributed by atoms with Gasteiger partial charge in [0.2, 0.25) is 0 Å². The third-order valence-corrected chi connectivity index (χ3v) is 0.733. The summed E-state index contributed by atoms with van der Waals surface area (Å²) >= 11 is 1.55. The lowest BCUT2D eigenvalue weighted by molar-refractivity contribution is 0.263. The summed E-state index contributed by atoms with van der Waals surface area (Å²) in [6, 6.07) is 0. The first-order chi connectivity index (χ1) is 3.77. The summed E-state index contributed by atoms with van der Waals surface area (Å²) in [4.78, 5) is 12.4. The van der Waals surface area contributed by atoms with E-state index in [0.29, 0.717) is 0 Å². The average Bonchev–Trinajstić information content (AvgIpc) is 1.66. The number of halogens is 1. The van der Waals surface area contributed by atoms with Gasteiger partial charge < -0.3 is 5.32 Å². The fraction of sp³-hybridized carbons (Fsp3) is 0.500. The molecule has 0 heterocycles. The van der Waals surface area contributed by atoms with Crippen LogP contribution in [-0.2, 0) is 0 Å². The van der Waals surface area contributed by atoms with Crippen LogP contribution < -0.4 is 5.32 Å². The molecule has 0 unspecified atom stereocenters. The minimum absolute atomic E-state index is 0.0261. The number of hydrogen-bond acceptors (Lipinski definition) is 2. The molecular formula is C2H3IN4O. The number of carbonyl (C=O) groups is 1. The van der Waals surface area contributed by atoms with E-state index in [2.05, 4.69) is 15.3 Å². The molecule has 0 spiro atoms. The Bertz CT molecular complexity index is 126. The van der Waals surface area contributed by atoms with Gasteiger partial charge in [-0.05, 0) is 5.53 Å². The second-order valence-corrected chi connectivity index (χ2v) is 1.82. The summed E-state index contributed by atoms with van der Waals surface area (Å²) in [5, 5.41) is 5.33.